The molecule has 0 aliphatic rings. The van der Waals surface area contributed by atoms with Gasteiger partial charge in [0.05, 0.1) is 5.56 Å². The number of hydrogen-bond donors (Lipinski definition) is 1. The molecule has 0 amide bonds. The lowest BCUT2D eigenvalue weighted by Gasteiger charge is -2.12. The summed E-state index contributed by atoms with van der Waals surface area (Å²) in [5, 5.41) is 10.4. The quantitative estimate of drug-likeness (QED) is 0.503. The molecule has 0 saturated heterocycles. The lowest BCUT2D eigenvalue weighted by molar-refractivity contribution is 0.462. The van der Waals surface area contributed by atoms with Crippen LogP contribution in [0.5, 0.6) is 5.75 Å². The highest BCUT2D eigenvalue weighted by molar-refractivity contribution is 6.30. The molecular formula is C13H16ClNO2. The minimum Gasteiger partial charge on any atom is -0.507 e. The molecule has 0 radical (unpaired) electrons. The van der Waals surface area contributed by atoms with E-state index in [1.165, 1.54) is 6.40 Å². The second-order valence-electron chi connectivity index (χ2n) is 3.61. The molecule has 0 saturated carbocycles. The van der Waals surface area contributed by atoms with Crippen molar-refractivity contribution >= 4 is 23.8 Å². The third kappa shape index (κ3) is 3.49. The summed E-state index contributed by atoms with van der Waals surface area (Å²) in [6, 6.07) is 4.86. The van der Waals surface area contributed by atoms with Gasteiger partial charge < -0.3 is 9.84 Å². The molecule has 0 heterocycles. The molecule has 3 nitrogen and oxygen atoms in total. The lowest BCUT2D eigenvalue weighted by Crippen LogP contribution is -1.95. The number of nitrogens with zero attached hydrogens (tertiary/aromatic N) is 1. The molecule has 0 fully saturated rings. The molecule has 0 unspecified atom stereocenters. The van der Waals surface area contributed by atoms with Crippen molar-refractivity contribution in [2.75, 3.05) is 7.05 Å². The van der Waals surface area contributed by atoms with Crippen LogP contribution < -0.4 is 0 Å². The van der Waals surface area contributed by atoms with Crippen molar-refractivity contribution in [3.8, 4) is 5.75 Å². The number of benzene rings is 1. The van der Waals surface area contributed by atoms with Crippen LogP contribution in [-0.2, 0) is 4.74 Å². The molecule has 1 rings (SSSR count). The summed E-state index contributed by atoms with van der Waals surface area (Å²) in [5.41, 5.74) is 1.60. The Kier molecular flexibility index (Phi) is 5.04. The number of phenolic OH excluding ortho intramolecular Hbond substituents is 1. The number of aromatic hydroxyl groups is 1. The van der Waals surface area contributed by atoms with Gasteiger partial charge in [0.2, 0.25) is 0 Å². The van der Waals surface area contributed by atoms with E-state index in [4.69, 9.17) is 16.3 Å². The van der Waals surface area contributed by atoms with Crippen LogP contribution >= 0.6 is 11.6 Å². The average molecular weight is 254 g/mol. The highest BCUT2D eigenvalue weighted by atomic mass is 35.5. The lowest BCUT2D eigenvalue weighted by atomic mass is 10.1. The third-order valence-electron chi connectivity index (χ3n) is 2.40. The number of hydrogen-bond acceptors (Lipinski definition) is 3. The van der Waals surface area contributed by atoms with Gasteiger partial charge in [-0.25, -0.2) is 0 Å². The van der Waals surface area contributed by atoms with E-state index < -0.39 is 0 Å². The van der Waals surface area contributed by atoms with E-state index in [1.807, 2.05) is 13.8 Å². The Morgan fingerprint density at radius 2 is 2.24 bits per heavy atom. The highest BCUT2D eigenvalue weighted by Gasteiger charge is 2.11. The summed E-state index contributed by atoms with van der Waals surface area (Å²) in [4.78, 5) is 3.77. The van der Waals surface area contributed by atoms with Crippen molar-refractivity contribution in [1.82, 2.24) is 0 Å². The van der Waals surface area contributed by atoms with E-state index in [0.717, 1.165) is 12.0 Å². The van der Waals surface area contributed by atoms with Crippen molar-refractivity contribution in [2.45, 2.75) is 20.3 Å². The van der Waals surface area contributed by atoms with Gasteiger partial charge in [-0.2, -0.15) is 0 Å². The Morgan fingerprint density at radius 3 is 2.82 bits per heavy atom. The number of halogens is 1. The van der Waals surface area contributed by atoms with Crippen LogP contribution in [0.3, 0.4) is 0 Å². The molecule has 1 aromatic rings. The van der Waals surface area contributed by atoms with E-state index in [-0.39, 0.29) is 5.75 Å². The molecule has 17 heavy (non-hydrogen) atoms. The first-order valence-corrected chi connectivity index (χ1v) is 5.73. The normalized spacial score (nSPS) is 12.7. The van der Waals surface area contributed by atoms with Crippen molar-refractivity contribution in [3.63, 3.8) is 0 Å². The van der Waals surface area contributed by atoms with Crippen LogP contribution in [0.2, 0.25) is 5.02 Å². The minimum atomic E-state index is 0.140. The third-order valence-corrected chi connectivity index (χ3v) is 2.63. The minimum absolute atomic E-state index is 0.140. The number of phenols is 1. The number of rotatable bonds is 4. The summed E-state index contributed by atoms with van der Waals surface area (Å²) in [7, 11) is 1.62. The molecule has 0 aliphatic carbocycles. The van der Waals surface area contributed by atoms with Gasteiger partial charge in [0.1, 0.15) is 11.5 Å². The number of allylic oxidation sites excluding steroid dienone is 1. The second-order valence-corrected chi connectivity index (χ2v) is 4.04. The summed E-state index contributed by atoms with van der Waals surface area (Å²) >= 11 is 5.92. The molecule has 0 aliphatic heterocycles. The maximum Gasteiger partial charge on any atom is 0.176 e. The zero-order valence-electron chi connectivity index (χ0n) is 10.2. The van der Waals surface area contributed by atoms with Crippen LogP contribution in [0.4, 0.5) is 0 Å². The highest BCUT2D eigenvalue weighted by Crippen LogP contribution is 2.31. The summed E-state index contributed by atoms with van der Waals surface area (Å²) in [6.45, 7) is 3.96. The first kappa shape index (κ1) is 13.6. The molecule has 92 valence electrons. The number of aliphatic imine (C=N–C) groups is 1. The zero-order valence-corrected chi connectivity index (χ0v) is 11.0. The van der Waals surface area contributed by atoms with E-state index in [0.29, 0.717) is 16.3 Å². The maximum absolute atomic E-state index is 9.83. The SMILES string of the molecule is CCC(C)=C(OC=NC)c1cc(Cl)ccc1O. The molecule has 0 bridgehead atoms. The predicted molar refractivity (Wildman–Crippen MR) is 71.5 cm³/mol. The van der Waals surface area contributed by atoms with E-state index >= 15 is 0 Å². The second kappa shape index (κ2) is 6.30. The van der Waals surface area contributed by atoms with Gasteiger partial charge in [0, 0.05) is 12.1 Å². The van der Waals surface area contributed by atoms with Crippen LogP contribution in [0.1, 0.15) is 25.8 Å². The van der Waals surface area contributed by atoms with Gasteiger partial charge in [-0.05, 0) is 37.1 Å². The fraction of sp³-hybridized carbons (Fsp3) is 0.308. The zero-order chi connectivity index (χ0) is 12.8. The van der Waals surface area contributed by atoms with Crippen molar-refractivity contribution in [2.24, 2.45) is 4.99 Å². The smallest absolute Gasteiger partial charge is 0.176 e. The van der Waals surface area contributed by atoms with Gasteiger partial charge in [0.15, 0.2) is 6.40 Å². The van der Waals surface area contributed by atoms with Crippen molar-refractivity contribution in [3.05, 3.63) is 34.4 Å². The molecule has 4 heteroatoms. The monoisotopic (exact) mass is 253 g/mol. The maximum atomic E-state index is 9.83. The Bertz CT molecular complexity index is 453. The van der Waals surface area contributed by atoms with Crippen LogP contribution in [0.15, 0.2) is 28.8 Å². The van der Waals surface area contributed by atoms with E-state index in [1.54, 1.807) is 25.2 Å². The first-order chi connectivity index (χ1) is 8.10. The average Bonchev–Trinajstić information content (AvgIpc) is 2.33. The number of ether oxygens (including phenoxy) is 1. The molecular weight excluding hydrogens is 238 g/mol. The van der Waals surface area contributed by atoms with Gasteiger partial charge in [-0.15, -0.1) is 0 Å². The molecule has 1 N–H and O–H groups in total. The summed E-state index contributed by atoms with van der Waals surface area (Å²) < 4.78 is 5.44. The Labute approximate surface area is 106 Å². The molecule has 0 spiro atoms. The predicted octanol–water partition coefficient (Wildman–Crippen LogP) is 3.86. The van der Waals surface area contributed by atoms with Crippen LogP contribution in [0, 0.1) is 0 Å². The molecule has 1 aromatic carbocycles. The van der Waals surface area contributed by atoms with Crippen LogP contribution in [-0.4, -0.2) is 18.6 Å². The van der Waals surface area contributed by atoms with Crippen molar-refractivity contribution in [1.29, 1.82) is 0 Å². The summed E-state index contributed by atoms with van der Waals surface area (Å²) in [6.07, 6.45) is 2.16. The van der Waals surface area contributed by atoms with Gasteiger partial charge in [0.25, 0.3) is 0 Å². The van der Waals surface area contributed by atoms with E-state index in [2.05, 4.69) is 4.99 Å². The first-order valence-electron chi connectivity index (χ1n) is 5.36. The fourth-order valence-electron chi connectivity index (χ4n) is 1.35. The largest absolute Gasteiger partial charge is 0.507 e. The van der Waals surface area contributed by atoms with Gasteiger partial charge >= 0.3 is 0 Å². The van der Waals surface area contributed by atoms with Gasteiger partial charge in [-0.3, -0.25) is 4.99 Å². The summed E-state index contributed by atoms with van der Waals surface area (Å²) in [5.74, 6) is 0.736. The standard InChI is InChI=1S/C13H16ClNO2/c1-4-9(2)13(17-8-15-3)11-7-10(14)5-6-12(11)16/h5-8,16H,4H2,1-3H3. The fourth-order valence-corrected chi connectivity index (χ4v) is 1.52. The van der Waals surface area contributed by atoms with Gasteiger partial charge in [-0.1, -0.05) is 18.5 Å². The van der Waals surface area contributed by atoms with Crippen molar-refractivity contribution < 1.29 is 9.84 Å². The molecule has 0 atom stereocenters. The molecule has 0 aromatic heterocycles. The Balaban J connectivity index is 3.26. The van der Waals surface area contributed by atoms with E-state index in [9.17, 15) is 5.11 Å². The Morgan fingerprint density at radius 1 is 1.53 bits per heavy atom. The Hall–Kier alpha value is -1.48. The topological polar surface area (TPSA) is 41.8 Å². The van der Waals surface area contributed by atoms with Crippen LogP contribution in [0.25, 0.3) is 5.76 Å².